The Kier molecular flexibility index (Phi) is 4.78. The number of hydrogen-bond acceptors (Lipinski definition) is 10. The van der Waals surface area contributed by atoms with Crippen LogP contribution in [-0.4, -0.2) is 72.8 Å². The highest BCUT2D eigenvalue weighted by atomic mass is 16.6. The van der Waals surface area contributed by atoms with Gasteiger partial charge in [0, 0.05) is 6.54 Å². The summed E-state index contributed by atoms with van der Waals surface area (Å²) in [5.74, 6) is 0.489. The zero-order valence-corrected chi connectivity index (χ0v) is 12.9. The van der Waals surface area contributed by atoms with E-state index in [-0.39, 0.29) is 5.95 Å². The van der Waals surface area contributed by atoms with Crippen LogP contribution in [0.15, 0.2) is 6.33 Å². The van der Waals surface area contributed by atoms with Crippen LogP contribution in [0.3, 0.4) is 0 Å². The summed E-state index contributed by atoms with van der Waals surface area (Å²) in [6, 6.07) is 0. The number of imidazole rings is 1. The minimum atomic E-state index is -1.23. The molecule has 1 fully saturated rings. The van der Waals surface area contributed by atoms with Gasteiger partial charge in [-0.15, -0.1) is 0 Å². The molecule has 0 aliphatic carbocycles. The van der Waals surface area contributed by atoms with E-state index in [1.807, 2.05) is 0 Å². The number of nitrogens with zero attached hydrogens (tertiary/aromatic N) is 4. The molecule has 1 aliphatic heterocycles. The minimum Gasteiger partial charge on any atom is -0.394 e. The van der Waals surface area contributed by atoms with Gasteiger partial charge in [0.1, 0.15) is 18.3 Å². The van der Waals surface area contributed by atoms with Crippen LogP contribution in [0.25, 0.3) is 11.2 Å². The molecule has 132 valence electrons. The average Bonchev–Trinajstić information content (AvgIpc) is 3.10. The molecule has 1 aliphatic rings. The number of aliphatic hydroxyl groups is 3. The summed E-state index contributed by atoms with van der Waals surface area (Å²) in [7, 11) is 0. The Balaban J connectivity index is 1.95. The van der Waals surface area contributed by atoms with Crippen molar-refractivity contribution >= 4 is 22.9 Å². The third-order valence-electron chi connectivity index (χ3n) is 3.90. The van der Waals surface area contributed by atoms with Crippen molar-refractivity contribution in [2.45, 2.75) is 31.0 Å². The molecule has 0 saturated carbocycles. The van der Waals surface area contributed by atoms with Gasteiger partial charge in [0.25, 0.3) is 0 Å². The van der Waals surface area contributed by atoms with Crippen molar-refractivity contribution in [1.82, 2.24) is 19.5 Å². The van der Waals surface area contributed by atoms with Crippen LogP contribution in [0.1, 0.15) is 12.6 Å². The first-order chi connectivity index (χ1) is 11.6. The van der Waals surface area contributed by atoms with Gasteiger partial charge in [-0.2, -0.15) is 9.97 Å². The maximum absolute atomic E-state index is 10.2. The molecule has 3 heterocycles. The number of hydrogen-bond donors (Lipinski definition) is 6. The van der Waals surface area contributed by atoms with Crippen LogP contribution in [0.2, 0.25) is 0 Å². The number of fused-ring (bicyclic) bond motifs is 1. The Labute approximate surface area is 137 Å². The molecule has 11 heteroatoms. The summed E-state index contributed by atoms with van der Waals surface area (Å²) < 4.78 is 6.96. The second kappa shape index (κ2) is 6.83. The molecule has 0 aromatic carbocycles. The minimum absolute atomic E-state index is 0.0336. The fourth-order valence-electron chi connectivity index (χ4n) is 2.66. The van der Waals surface area contributed by atoms with Crippen molar-refractivity contribution in [1.29, 1.82) is 0 Å². The van der Waals surface area contributed by atoms with Crippen molar-refractivity contribution in [2.24, 2.45) is 5.73 Å². The number of nitrogens with one attached hydrogen (secondary N) is 1. The molecule has 0 radical (unpaired) electrons. The van der Waals surface area contributed by atoms with Gasteiger partial charge in [0.2, 0.25) is 5.95 Å². The number of rotatable bonds is 6. The predicted octanol–water partition coefficient (Wildman–Crippen LogP) is -2.22. The highest BCUT2D eigenvalue weighted by Crippen LogP contribution is 2.32. The highest BCUT2D eigenvalue weighted by Gasteiger charge is 2.44. The molecule has 1 unspecified atom stereocenters. The smallest absolute Gasteiger partial charge is 0.224 e. The Morgan fingerprint density at radius 3 is 2.75 bits per heavy atom. The molecule has 24 heavy (non-hydrogen) atoms. The number of anilines is 2. The summed E-state index contributed by atoms with van der Waals surface area (Å²) in [5.41, 5.74) is 12.0. The van der Waals surface area contributed by atoms with Crippen molar-refractivity contribution in [3.05, 3.63) is 6.33 Å². The van der Waals surface area contributed by atoms with Crippen LogP contribution in [0, 0.1) is 0 Å². The van der Waals surface area contributed by atoms with Crippen molar-refractivity contribution in [2.75, 3.05) is 30.7 Å². The van der Waals surface area contributed by atoms with Gasteiger partial charge in [-0.3, -0.25) is 4.57 Å². The molecule has 0 bridgehead atoms. The van der Waals surface area contributed by atoms with Gasteiger partial charge in [-0.1, -0.05) is 0 Å². The third kappa shape index (κ3) is 2.87. The van der Waals surface area contributed by atoms with Crippen molar-refractivity contribution in [3.63, 3.8) is 0 Å². The number of aromatic nitrogens is 4. The fourth-order valence-corrected chi connectivity index (χ4v) is 2.66. The van der Waals surface area contributed by atoms with Crippen LogP contribution in [0.4, 0.5) is 11.8 Å². The Hall–Kier alpha value is -2.05. The van der Waals surface area contributed by atoms with E-state index in [9.17, 15) is 15.3 Å². The average molecular weight is 339 g/mol. The molecular weight excluding hydrogens is 318 g/mol. The zero-order valence-electron chi connectivity index (χ0n) is 12.9. The Morgan fingerprint density at radius 1 is 1.29 bits per heavy atom. The molecule has 4 atom stereocenters. The molecular formula is C13H21N7O4. The Bertz CT molecular complexity index is 709. The first-order valence-electron chi connectivity index (χ1n) is 7.63. The predicted molar refractivity (Wildman–Crippen MR) is 84.9 cm³/mol. The molecule has 2 aromatic heterocycles. The normalized spacial score (nSPS) is 27.0. The van der Waals surface area contributed by atoms with Crippen LogP contribution in [-0.2, 0) is 4.74 Å². The maximum Gasteiger partial charge on any atom is 0.224 e. The lowest BCUT2D eigenvalue weighted by Crippen LogP contribution is -2.33. The molecule has 11 nitrogen and oxygen atoms in total. The van der Waals surface area contributed by atoms with Gasteiger partial charge < -0.3 is 36.8 Å². The van der Waals surface area contributed by atoms with E-state index in [0.717, 1.165) is 6.42 Å². The van der Waals surface area contributed by atoms with E-state index in [1.54, 1.807) is 0 Å². The van der Waals surface area contributed by atoms with E-state index in [0.29, 0.717) is 30.1 Å². The van der Waals surface area contributed by atoms with E-state index in [2.05, 4.69) is 20.3 Å². The van der Waals surface area contributed by atoms with Crippen LogP contribution in [0.5, 0.6) is 0 Å². The topological polar surface area (TPSA) is 178 Å². The number of nitrogen functional groups attached to an aromatic ring is 1. The molecule has 0 amide bonds. The van der Waals surface area contributed by atoms with Crippen molar-refractivity contribution < 1.29 is 20.1 Å². The fraction of sp³-hybridized carbons (Fsp3) is 0.615. The van der Waals surface area contributed by atoms with Gasteiger partial charge in [0.15, 0.2) is 23.2 Å². The second-order valence-electron chi connectivity index (χ2n) is 5.55. The SMILES string of the molecule is NCCCNc1nc(N)nc2c1ncn2C1O[C@H](CO)[C@@H](O)[C@H]1O. The first-order valence-corrected chi connectivity index (χ1v) is 7.63. The number of nitrogens with two attached hydrogens (primary N) is 2. The molecule has 3 rings (SSSR count). The summed E-state index contributed by atoms with van der Waals surface area (Å²) in [6.07, 6.45) is -2.09. The van der Waals surface area contributed by atoms with Crippen LogP contribution < -0.4 is 16.8 Å². The second-order valence-corrected chi connectivity index (χ2v) is 5.55. The standard InChI is InChI=1S/C13H21N7O4/c14-2-1-3-16-10-7-11(19-13(15)18-10)20(5-17-7)12-9(23)8(22)6(4-21)24-12/h5-6,8-9,12,21-23H,1-4,14H2,(H3,15,16,18,19)/t6-,8-,9-,12?/m1/s1. The van der Waals surface area contributed by atoms with E-state index >= 15 is 0 Å². The van der Waals surface area contributed by atoms with E-state index < -0.39 is 31.1 Å². The molecule has 8 N–H and O–H groups in total. The van der Waals surface area contributed by atoms with Gasteiger partial charge in [-0.05, 0) is 13.0 Å². The maximum atomic E-state index is 10.2. The molecule has 0 spiro atoms. The highest BCUT2D eigenvalue weighted by molar-refractivity contribution is 5.84. The summed E-state index contributed by atoms with van der Waals surface area (Å²) in [6.45, 7) is 0.723. The lowest BCUT2D eigenvalue weighted by Gasteiger charge is -2.16. The molecule has 1 saturated heterocycles. The number of ether oxygens (including phenoxy) is 1. The summed E-state index contributed by atoms with van der Waals surface area (Å²) in [5, 5.41) is 32.4. The van der Waals surface area contributed by atoms with E-state index in [1.165, 1.54) is 10.9 Å². The largest absolute Gasteiger partial charge is 0.394 e. The quantitative estimate of drug-likeness (QED) is 0.316. The zero-order chi connectivity index (χ0) is 17.3. The molecule has 2 aromatic rings. The summed E-state index contributed by atoms with van der Waals surface area (Å²) in [4.78, 5) is 12.5. The lowest BCUT2D eigenvalue weighted by molar-refractivity contribution is -0.0511. The lowest BCUT2D eigenvalue weighted by atomic mass is 10.1. The summed E-state index contributed by atoms with van der Waals surface area (Å²) >= 11 is 0. The monoisotopic (exact) mass is 339 g/mol. The number of aliphatic hydroxyl groups excluding tert-OH is 3. The van der Waals surface area contributed by atoms with Crippen LogP contribution >= 0.6 is 0 Å². The van der Waals surface area contributed by atoms with Crippen molar-refractivity contribution in [3.8, 4) is 0 Å². The van der Waals surface area contributed by atoms with Gasteiger partial charge >= 0.3 is 0 Å². The Morgan fingerprint density at radius 2 is 2.08 bits per heavy atom. The third-order valence-corrected chi connectivity index (χ3v) is 3.90. The van der Waals surface area contributed by atoms with Gasteiger partial charge in [-0.25, -0.2) is 4.98 Å². The first kappa shape index (κ1) is 16.8. The van der Waals surface area contributed by atoms with Gasteiger partial charge in [0.05, 0.1) is 12.9 Å². The van der Waals surface area contributed by atoms with E-state index in [4.69, 9.17) is 16.2 Å².